The second-order valence-electron chi connectivity index (χ2n) is 7.38. The average molecular weight is 445 g/mol. The summed E-state index contributed by atoms with van der Waals surface area (Å²) >= 11 is 0. The van der Waals surface area contributed by atoms with Crippen molar-refractivity contribution < 1.29 is 33.7 Å². The molecule has 2 aromatic rings. The van der Waals surface area contributed by atoms with Crippen LogP contribution >= 0.6 is 0 Å². The topological polar surface area (TPSA) is 128 Å². The van der Waals surface area contributed by atoms with Gasteiger partial charge in [0.2, 0.25) is 0 Å². The number of nitrogens with one attached hydrogen (secondary N) is 2. The first-order valence-electron chi connectivity index (χ1n) is 10.1. The van der Waals surface area contributed by atoms with Gasteiger partial charge in [0.25, 0.3) is 5.91 Å². The van der Waals surface area contributed by atoms with Gasteiger partial charge in [0.05, 0.1) is 12.1 Å². The van der Waals surface area contributed by atoms with E-state index in [0.717, 1.165) is 0 Å². The summed E-state index contributed by atoms with van der Waals surface area (Å²) in [5.41, 5.74) is 0.735. The van der Waals surface area contributed by atoms with Gasteiger partial charge in [-0.05, 0) is 61.4 Å². The third kappa shape index (κ3) is 6.42. The van der Waals surface area contributed by atoms with E-state index in [0.29, 0.717) is 36.4 Å². The highest BCUT2D eigenvalue weighted by Crippen LogP contribution is 2.16. The highest BCUT2D eigenvalue weighted by atomic mass is 19.1. The van der Waals surface area contributed by atoms with Crippen LogP contribution in [0.3, 0.4) is 0 Å². The average Bonchev–Trinajstić information content (AvgIpc) is 2.95. The number of likely N-dealkylation sites (tertiary alicyclic amines) is 1. The Labute approximate surface area is 183 Å². The van der Waals surface area contributed by atoms with Crippen LogP contribution in [0.2, 0.25) is 0 Å². The van der Waals surface area contributed by atoms with E-state index in [4.69, 9.17) is 9.84 Å². The van der Waals surface area contributed by atoms with Crippen molar-refractivity contribution in [2.75, 3.05) is 25.0 Å². The lowest BCUT2D eigenvalue weighted by atomic mass is 10.1. The number of carbonyl (C=O) groups excluding carboxylic acids is 2. The first-order valence-corrected chi connectivity index (χ1v) is 10.1. The van der Waals surface area contributed by atoms with Crippen LogP contribution in [0.25, 0.3) is 0 Å². The summed E-state index contributed by atoms with van der Waals surface area (Å²) in [6, 6.07) is 10.2. The molecule has 10 heteroatoms. The van der Waals surface area contributed by atoms with Crippen LogP contribution in [0, 0.1) is 5.82 Å². The lowest BCUT2D eigenvalue weighted by Gasteiger charge is -2.27. The molecule has 32 heavy (non-hydrogen) atoms. The molecule has 2 aromatic carbocycles. The summed E-state index contributed by atoms with van der Waals surface area (Å²) in [7, 11) is 0. The number of amides is 3. The minimum Gasteiger partial charge on any atom is -0.482 e. The van der Waals surface area contributed by atoms with E-state index in [1.807, 2.05) is 0 Å². The summed E-state index contributed by atoms with van der Waals surface area (Å²) in [6.07, 6.45) is 0.133. The van der Waals surface area contributed by atoms with E-state index < -0.39 is 42.5 Å². The lowest BCUT2D eigenvalue weighted by molar-refractivity contribution is -0.139. The number of aliphatic hydroxyl groups is 1. The zero-order valence-electron chi connectivity index (χ0n) is 17.2. The number of anilines is 1. The lowest BCUT2D eigenvalue weighted by Crippen LogP contribution is -2.50. The number of carboxylic acid groups (broad SMARTS) is 1. The monoisotopic (exact) mass is 445 g/mol. The summed E-state index contributed by atoms with van der Waals surface area (Å²) in [5.74, 6) is -1.66. The summed E-state index contributed by atoms with van der Waals surface area (Å²) in [5, 5.41) is 24.5. The predicted molar refractivity (Wildman–Crippen MR) is 113 cm³/mol. The Morgan fingerprint density at radius 1 is 1.09 bits per heavy atom. The molecule has 170 valence electrons. The summed E-state index contributed by atoms with van der Waals surface area (Å²) in [6.45, 7) is 0.00143. The molecule has 0 bridgehead atoms. The van der Waals surface area contributed by atoms with E-state index in [1.165, 1.54) is 53.4 Å². The van der Waals surface area contributed by atoms with Crippen molar-refractivity contribution in [3.8, 4) is 5.75 Å². The highest BCUT2D eigenvalue weighted by Gasteiger charge is 2.29. The number of aliphatic hydroxyl groups excluding tert-OH is 1. The SMILES string of the molecule is O=C(O)COc1ccc(C(=O)N[C@@H]2CN(C(=O)Nc3ccc(F)cc3)CCC[C@H]2O)cc1. The van der Waals surface area contributed by atoms with Crippen LogP contribution in [0.1, 0.15) is 23.2 Å². The fraction of sp³-hybridized carbons (Fsp3) is 0.318. The number of hydrogen-bond acceptors (Lipinski definition) is 5. The van der Waals surface area contributed by atoms with E-state index in [1.54, 1.807) is 0 Å². The first-order chi connectivity index (χ1) is 15.3. The zero-order chi connectivity index (χ0) is 23.1. The van der Waals surface area contributed by atoms with Gasteiger partial charge in [-0.15, -0.1) is 0 Å². The Hall–Kier alpha value is -3.66. The molecule has 0 saturated carbocycles. The van der Waals surface area contributed by atoms with Gasteiger partial charge in [-0.25, -0.2) is 14.0 Å². The molecule has 1 fully saturated rings. The van der Waals surface area contributed by atoms with Crippen LogP contribution in [-0.2, 0) is 4.79 Å². The quantitative estimate of drug-likeness (QED) is 0.539. The van der Waals surface area contributed by atoms with Crippen LogP contribution in [0.4, 0.5) is 14.9 Å². The molecule has 1 aliphatic rings. The van der Waals surface area contributed by atoms with E-state index in [9.17, 15) is 23.9 Å². The molecule has 1 heterocycles. The Balaban J connectivity index is 1.61. The van der Waals surface area contributed by atoms with Crippen molar-refractivity contribution in [2.24, 2.45) is 0 Å². The van der Waals surface area contributed by atoms with Gasteiger partial charge in [-0.3, -0.25) is 4.79 Å². The number of rotatable bonds is 6. The summed E-state index contributed by atoms with van der Waals surface area (Å²) in [4.78, 5) is 37.3. The van der Waals surface area contributed by atoms with Crippen molar-refractivity contribution in [3.05, 3.63) is 59.9 Å². The molecule has 0 radical (unpaired) electrons. The van der Waals surface area contributed by atoms with Crippen LogP contribution in [0.15, 0.2) is 48.5 Å². The normalized spacial score (nSPS) is 18.4. The molecule has 1 aliphatic heterocycles. The van der Waals surface area contributed by atoms with E-state index in [2.05, 4.69) is 10.6 Å². The van der Waals surface area contributed by atoms with Crippen molar-refractivity contribution in [1.29, 1.82) is 0 Å². The fourth-order valence-corrected chi connectivity index (χ4v) is 3.30. The van der Waals surface area contributed by atoms with E-state index >= 15 is 0 Å². The minimum atomic E-state index is -1.11. The van der Waals surface area contributed by atoms with Crippen LogP contribution in [-0.4, -0.2) is 64.9 Å². The number of aliphatic carboxylic acids is 1. The number of nitrogens with zero attached hydrogens (tertiary/aromatic N) is 1. The third-order valence-electron chi connectivity index (χ3n) is 4.99. The van der Waals surface area contributed by atoms with Crippen molar-refractivity contribution >= 4 is 23.6 Å². The molecule has 0 unspecified atom stereocenters. The van der Waals surface area contributed by atoms with Crippen LogP contribution < -0.4 is 15.4 Å². The molecule has 4 N–H and O–H groups in total. The first kappa shape index (κ1) is 23.0. The van der Waals surface area contributed by atoms with Gasteiger partial charge in [0.1, 0.15) is 11.6 Å². The molecular formula is C22H24FN3O6. The summed E-state index contributed by atoms with van der Waals surface area (Å²) < 4.78 is 18.1. The predicted octanol–water partition coefficient (Wildman–Crippen LogP) is 2.08. The number of carboxylic acids is 1. The Morgan fingerprint density at radius 2 is 1.78 bits per heavy atom. The molecule has 3 amide bonds. The van der Waals surface area contributed by atoms with Crippen molar-refractivity contribution in [1.82, 2.24) is 10.2 Å². The van der Waals surface area contributed by atoms with Gasteiger partial charge in [-0.1, -0.05) is 0 Å². The van der Waals surface area contributed by atoms with Crippen LogP contribution in [0.5, 0.6) is 5.75 Å². The zero-order valence-corrected chi connectivity index (χ0v) is 17.2. The second kappa shape index (κ2) is 10.6. The number of carbonyl (C=O) groups is 3. The largest absolute Gasteiger partial charge is 0.482 e. The maximum Gasteiger partial charge on any atom is 0.341 e. The van der Waals surface area contributed by atoms with Gasteiger partial charge < -0.3 is 30.5 Å². The number of benzene rings is 2. The smallest absolute Gasteiger partial charge is 0.341 e. The maximum atomic E-state index is 13.1. The molecule has 0 spiro atoms. The third-order valence-corrected chi connectivity index (χ3v) is 4.99. The highest BCUT2D eigenvalue weighted by molar-refractivity contribution is 5.94. The fourth-order valence-electron chi connectivity index (χ4n) is 3.30. The Morgan fingerprint density at radius 3 is 2.44 bits per heavy atom. The molecule has 2 atom stereocenters. The van der Waals surface area contributed by atoms with Gasteiger partial charge in [0, 0.05) is 24.3 Å². The number of hydrogen-bond donors (Lipinski definition) is 4. The molecule has 0 aromatic heterocycles. The number of ether oxygens (including phenoxy) is 1. The van der Waals surface area contributed by atoms with E-state index in [-0.39, 0.29) is 6.54 Å². The molecule has 9 nitrogen and oxygen atoms in total. The molecular weight excluding hydrogens is 421 g/mol. The standard InChI is InChI=1S/C22H24FN3O6/c23-15-5-7-16(8-6-15)24-22(31)26-11-1-2-19(27)18(12-26)25-21(30)14-3-9-17(10-4-14)32-13-20(28)29/h3-10,18-19,27H,1-2,11-13H2,(H,24,31)(H,25,30)(H,28,29)/t18-,19-/m1/s1. The van der Waals surface area contributed by atoms with Crippen molar-refractivity contribution in [3.63, 3.8) is 0 Å². The molecule has 1 saturated heterocycles. The molecule has 0 aliphatic carbocycles. The second-order valence-corrected chi connectivity index (χ2v) is 7.38. The van der Waals surface area contributed by atoms with Gasteiger partial charge >= 0.3 is 12.0 Å². The van der Waals surface area contributed by atoms with Crippen molar-refractivity contribution in [2.45, 2.75) is 25.0 Å². The molecule has 3 rings (SSSR count). The number of urea groups is 1. The van der Waals surface area contributed by atoms with Gasteiger partial charge in [-0.2, -0.15) is 0 Å². The van der Waals surface area contributed by atoms with Gasteiger partial charge in [0.15, 0.2) is 6.61 Å². The number of halogens is 1. The Kier molecular flexibility index (Phi) is 7.61. The maximum absolute atomic E-state index is 13.1. The Bertz CT molecular complexity index is 951. The minimum absolute atomic E-state index is 0.0970.